The Kier molecular flexibility index (Phi) is 5.04. The molecule has 0 unspecified atom stereocenters. The van der Waals surface area contributed by atoms with Gasteiger partial charge in [0.15, 0.2) is 0 Å². The molecular weight excluding hydrogens is 324 g/mol. The first kappa shape index (κ1) is 17.1. The molecule has 0 saturated carbocycles. The lowest BCUT2D eigenvalue weighted by molar-refractivity contribution is 0.140. The molecule has 1 heterocycles. The van der Waals surface area contributed by atoms with Gasteiger partial charge in [0.1, 0.15) is 16.1 Å². The van der Waals surface area contributed by atoms with Gasteiger partial charge >= 0.3 is 6.09 Å². The first-order valence-electron chi connectivity index (χ1n) is 6.93. The van der Waals surface area contributed by atoms with Crippen LogP contribution in [0.4, 0.5) is 4.79 Å². The molecule has 0 bridgehead atoms. The number of hydrogen-bond acceptors (Lipinski definition) is 3. The summed E-state index contributed by atoms with van der Waals surface area (Å²) in [7, 11) is 0. The first-order chi connectivity index (χ1) is 10.2. The van der Waals surface area contributed by atoms with E-state index in [9.17, 15) is 9.35 Å². The van der Waals surface area contributed by atoms with E-state index in [-0.39, 0.29) is 0 Å². The van der Waals surface area contributed by atoms with Crippen LogP contribution < -0.4 is 0 Å². The van der Waals surface area contributed by atoms with Crippen LogP contribution in [0.25, 0.3) is 0 Å². The minimum Gasteiger partial charge on any atom is -0.591 e. The number of hydrogen-bond donors (Lipinski definition) is 1. The van der Waals surface area contributed by atoms with E-state index in [4.69, 9.17) is 16.7 Å². The number of benzene rings is 1. The van der Waals surface area contributed by atoms with Crippen molar-refractivity contribution in [3.63, 3.8) is 0 Å². The topological polar surface area (TPSA) is 76.0 Å². The number of carboxylic acid groups (broad SMARTS) is 1. The molecule has 5 nitrogen and oxygen atoms in total. The Morgan fingerprint density at radius 1 is 1.50 bits per heavy atom. The van der Waals surface area contributed by atoms with Crippen LogP contribution in [-0.2, 0) is 24.3 Å². The van der Waals surface area contributed by atoms with Crippen molar-refractivity contribution in [2.24, 2.45) is 4.40 Å². The average Bonchev–Trinajstić information content (AvgIpc) is 2.42. The zero-order chi connectivity index (χ0) is 16.5. The molecule has 22 heavy (non-hydrogen) atoms. The second-order valence-corrected chi connectivity index (χ2v) is 8.55. The predicted molar refractivity (Wildman–Crippen MR) is 89.1 cm³/mol. The fourth-order valence-electron chi connectivity index (χ4n) is 2.20. The van der Waals surface area contributed by atoms with E-state index < -0.39 is 22.2 Å². The van der Waals surface area contributed by atoms with Crippen molar-refractivity contribution in [1.82, 2.24) is 4.90 Å². The number of rotatable bonds is 2. The highest BCUT2D eigenvalue weighted by Gasteiger charge is 2.27. The molecule has 2 rings (SSSR count). The van der Waals surface area contributed by atoms with Gasteiger partial charge in [0.25, 0.3) is 0 Å². The fraction of sp³-hybridized carbons (Fsp3) is 0.467. The van der Waals surface area contributed by atoms with Gasteiger partial charge < -0.3 is 14.6 Å². The van der Waals surface area contributed by atoms with Gasteiger partial charge in [-0.05, 0) is 50.5 Å². The van der Waals surface area contributed by atoms with E-state index in [1.807, 2.05) is 26.8 Å². The average molecular weight is 343 g/mol. The lowest BCUT2D eigenvalue weighted by Gasteiger charge is -2.27. The van der Waals surface area contributed by atoms with Gasteiger partial charge in [-0.2, -0.15) is 0 Å². The maximum absolute atomic E-state index is 12.0. The summed E-state index contributed by atoms with van der Waals surface area (Å²) in [5.41, 5.74) is 2.63. The van der Waals surface area contributed by atoms with E-state index in [0.29, 0.717) is 24.5 Å². The van der Waals surface area contributed by atoms with E-state index in [1.54, 1.807) is 6.07 Å². The summed E-state index contributed by atoms with van der Waals surface area (Å²) in [6.07, 6.45) is 1.21. The highest BCUT2D eigenvalue weighted by Crippen LogP contribution is 2.26. The lowest BCUT2D eigenvalue weighted by Crippen LogP contribution is -2.35. The summed E-state index contributed by atoms with van der Waals surface area (Å²) < 4.78 is 15.7. The Morgan fingerprint density at radius 2 is 2.18 bits per heavy atom. The van der Waals surface area contributed by atoms with E-state index in [0.717, 1.165) is 16.7 Å². The molecule has 1 aromatic carbocycles. The van der Waals surface area contributed by atoms with Crippen molar-refractivity contribution in [3.8, 4) is 0 Å². The van der Waals surface area contributed by atoms with Crippen LogP contribution >= 0.6 is 11.6 Å². The SMILES string of the molecule is CC(C)(C)[S@+]([O-])N=Cc1cc(Cl)cc2c1CN(C(=O)O)CC2. The van der Waals surface area contributed by atoms with Gasteiger partial charge in [-0.25, -0.2) is 4.79 Å². The Bertz CT molecular complexity index is 614. The molecule has 1 aliphatic heterocycles. The smallest absolute Gasteiger partial charge is 0.407 e. The molecule has 7 heteroatoms. The maximum Gasteiger partial charge on any atom is 0.407 e. The Balaban J connectivity index is 2.34. The van der Waals surface area contributed by atoms with E-state index in [2.05, 4.69) is 4.40 Å². The van der Waals surface area contributed by atoms with Crippen LogP contribution in [0.3, 0.4) is 0 Å². The predicted octanol–water partition coefficient (Wildman–Crippen LogP) is 3.26. The fourth-order valence-corrected chi connectivity index (χ4v) is 2.97. The summed E-state index contributed by atoms with van der Waals surface area (Å²) in [5.74, 6) is 0. The molecule has 0 saturated heterocycles. The number of halogens is 1. The van der Waals surface area contributed by atoms with Gasteiger partial charge in [0, 0.05) is 23.7 Å². The quantitative estimate of drug-likeness (QED) is 0.662. The molecule has 0 spiro atoms. The number of fused-ring (bicyclic) bond motifs is 1. The summed E-state index contributed by atoms with van der Waals surface area (Å²) in [4.78, 5) is 12.5. The minimum atomic E-state index is -1.37. The third-order valence-electron chi connectivity index (χ3n) is 3.42. The molecule has 1 aliphatic rings. The molecular formula is C15H19ClN2O3S. The zero-order valence-electron chi connectivity index (χ0n) is 12.8. The number of nitrogens with zero attached hydrogens (tertiary/aromatic N) is 2. The molecule has 1 aromatic rings. The van der Waals surface area contributed by atoms with Crippen LogP contribution in [0.2, 0.25) is 5.02 Å². The maximum atomic E-state index is 12.0. The van der Waals surface area contributed by atoms with Gasteiger partial charge in [-0.15, -0.1) is 0 Å². The normalized spacial score (nSPS) is 16.7. The van der Waals surface area contributed by atoms with Crippen molar-refractivity contribution in [3.05, 3.63) is 33.8 Å². The van der Waals surface area contributed by atoms with Crippen molar-refractivity contribution in [2.45, 2.75) is 38.5 Å². The van der Waals surface area contributed by atoms with Crippen molar-refractivity contribution in [2.75, 3.05) is 6.54 Å². The van der Waals surface area contributed by atoms with Crippen molar-refractivity contribution < 1.29 is 14.5 Å². The summed E-state index contributed by atoms with van der Waals surface area (Å²) in [5, 5.41) is 9.73. The standard InChI is InChI=1S/C15H19ClN2O3S/c1-15(2,3)22(21)17-8-11-7-12(16)6-10-4-5-18(14(19)20)9-13(10)11/h6-8H,4-5,9H2,1-3H3,(H,19,20)/t22-/m0/s1. The molecule has 1 amide bonds. The van der Waals surface area contributed by atoms with Crippen LogP contribution in [0.1, 0.15) is 37.5 Å². The highest BCUT2D eigenvalue weighted by atomic mass is 35.5. The largest absolute Gasteiger partial charge is 0.591 e. The van der Waals surface area contributed by atoms with Crippen LogP contribution in [0, 0.1) is 0 Å². The van der Waals surface area contributed by atoms with E-state index in [1.165, 1.54) is 11.1 Å². The monoisotopic (exact) mass is 342 g/mol. The Hall–Kier alpha value is -1.24. The molecule has 1 atom stereocenters. The van der Waals surface area contributed by atoms with Crippen LogP contribution in [0.15, 0.2) is 16.5 Å². The number of amides is 1. The Labute approximate surface area is 138 Å². The third-order valence-corrected chi connectivity index (χ3v) is 4.99. The molecule has 0 fully saturated rings. The van der Waals surface area contributed by atoms with Crippen LogP contribution in [-0.4, -0.2) is 38.2 Å². The van der Waals surface area contributed by atoms with Gasteiger partial charge in [-0.1, -0.05) is 16.0 Å². The summed E-state index contributed by atoms with van der Waals surface area (Å²) in [6, 6.07) is 3.59. The Morgan fingerprint density at radius 3 is 2.77 bits per heavy atom. The van der Waals surface area contributed by atoms with Crippen molar-refractivity contribution in [1.29, 1.82) is 0 Å². The summed E-state index contributed by atoms with van der Waals surface area (Å²) in [6.45, 7) is 6.29. The first-order valence-corrected chi connectivity index (χ1v) is 8.42. The summed E-state index contributed by atoms with van der Waals surface area (Å²) >= 11 is 4.75. The molecule has 0 aliphatic carbocycles. The minimum absolute atomic E-state index is 0.297. The van der Waals surface area contributed by atoms with Crippen LogP contribution in [0.5, 0.6) is 0 Å². The van der Waals surface area contributed by atoms with E-state index >= 15 is 0 Å². The molecule has 1 N–H and O–H groups in total. The second-order valence-electron chi connectivity index (χ2n) is 6.18. The molecule has 0 radical (unpaired) electrons. The third kappa shape index (κ3) is 3.94. The highest BCUT2D eigenvalue weighted by molar-refractivity contribution is 7.91. The second kappa shape index (κ2) is 6.48. The molecule has 0 aromatic heterocycles. The van der Waals surface area contributed by atoms with Crippen molar-refractivity contribution >= 4 is 35.3 Å². The molecule has 120 valence electrons. The van der Waals surface area contributed by atoms with Gasteiger partial charge in [-0.3, -0.25) is 0 Å². The lowest BCUT2D eigenvalue weighted by atomic mass is 9.95. The zero-order valence-corrected chi connectivity index (χ0v) is 14.4. The number of carbonyl (C=O) groups is 1. The van der Waals surface area contributed by atoms with Gasteiger partial charge in [0.05, 0.1) is 6.21 Å². The van der Waals surface area contributed by atoms with Gasteiger partial charge in [0.2, 0.25) is 0 Å².